The van der Waals surface area contributed by atoms with Gasteiger partial charge < -0.3 is 15.3 Å². The van der Waals surface area contributed by atoms with Crippen molar-refractivity contribution < 1.29 is 9.90 Å². The predicted molar refractivity (Wildman–Crippen MR) is 53.2 cm³/mol. The SMILES string of the molecule is CC1C(NC2CC2)C(C(=O)O)CN1C. The third-order valence-electron chi connectivity index (χ3n) is 3.46. The molecule has 0 bridgehead atoms. The molecule has 0 aromatic rings. The standard InChI is InChI=1S/C10H18N2O2/c1-6-9(11-7-3-4-7)8(10(13)14)5-12(6)2/h6-9,11H,3-5H2,1-2H3,(H,13,14). The number of nitrogens with zero attached hydrogens (tertiary/aromatic N) is 1. The molecule has 3 unspecified atom stereocenters. The number of hydrogen-bond donors (Lipinski definition) is 2. The van der Waals surface area contributed by atoms with Gasteiger partial charge in [-0.15, -0.1) is 0 Å². The summed E-state index contributed by atoms with van der Waals surface area (Å²) in [6.07, 6.45) is 2.42. The fourth-order valence-electron chi connectivity index (χ4n) is 2.21. The highest BCUT2D eigenvalue weighted by Gasteiger charge is 2.43. The van der Waals surface area contributed by atoms with Crippen molar-refractivity contribution in [3.8, 4) is 0 Å². The van der Waals surface area contributed by atoms with Crippen molar-refractivity contribution in [1.82, 2.24) is 10.2 Å². The van der Waals surface area contributed by atoms with Crippen molar-refractivity contribution in [3.63, 3.8) is 0 Å². The Morgan fingerprint density at radius 2 is 2.14 bits per heavy atom. The second-order valence-corrected chi connectivity index (χ2v) is 4.59. The van der Waals surface area contributed by atoms with Crippen LogP contribution in [0.3, 0.4) is 0 Å². The highest BCUT2D eigenvalue weighted by Crippen LogP contribution is 2.27. The lowest BCUT2D eigenvalue weighted by molar-refractivity contribution is -0.141. The Bertz CT molecular complexity index is 240. The maximum absolute atomic E-state index is 11.0. The number of nitrogens with one attached hydrogen (secondary N) is 1. The first-order valence-corrected chi connectivity index (χ1v) is 5.28. The first-order valence-electron chi connectivity index (χ1n) is 5.28. The predicted octanol–water partition coefficient (Wildman–Crippen LogP) is 0.142. The maximum atomic E-state index is 11.0. The number of likely N-dealkylation sites (N-methyl/N-ethyl adjacent to an activating group) is 1. The van der Waals surface area contributed by atoms with Crippen LogP contribution in [0.15, 0.2) is 0 Å². The van der Waals surface area contributed by atoms with E-state index in [0.717, 1.165) is 0 Å². The monoisotopic (exact) mass is 198 g/mol. The summed E-state index contributed by atoms with van der Waals surface area (Å²) in [5, 5.41) is 12.5. The minimum Gasteiger partial charge on any atom is -0.481 e. The van der Waals surface area contributed by atoms with Crippen LogP contribution in [0.1, 0.15) is 19.8 Å². The average Bonchev–Trinajstić information content (AvgIpc) is 2.87. The molecule has 4 nitrogen and oxygen atoms in total. The Kier molecular flexibility index (Phi) is 2.49. The van der Waals surface area contributed by atoms with E-state index in [1.54, 1.807) is 0 Å². The van der Waals surface area contributed by atoms with E-state index in [0.29, 0.717) is 18.6 Å². The second kappa shape index (κ2) is 3.51. The molecule has 1 aliphatic heterocycles. The van der Waals surface area contributed by atoms with Crippen LogP contribution < -0.4 is 5.32 Å². The van der Waals surface area contributed by atoms with E-state index in [4.69, 9.17) is 5.11 Å². The molecule has 1 heterocycles. The van der Waals surface area contributed by atoms with E-state index in [1.165, 1.54) is 12.8 Å². The Morgan fingerprint density at radius 1 is 1.50 bits per heavy atom. The molecule has 14 heavy (non-hydrogen) atoms. The van der Waals surface area contributed by atoms with Gasteiger partial charge in [-0.05, 0) is 26.8 Å². The van der Waals surface area contributed by atoms with Gasteiger partial charge in [0.25, 0.3) is 0 Å². The second-order valence-electron chi connectivity index (χ2n) is 4.59. The van der Waals surface area contributed by atoms with Crippen LogP contribution in [0, 0.1) is 5.92 Å². The molecule has 0 spiro atoms. The quantitative estimate of drug-likeness (QED) is 0.677. The normalized spacial score (nSPS) is 38.9. The highest BCUT2D eigenvalue weighted by atomic mass is 16.4. The topological polar surface area (TPSA) is 52.6 Å². The zero-order valence-electron chi connectivity index (χ0n) is 8.73. The van der Waals surface area contributed by atoms with Gasteiger partial charge in [-0.3, -0.25) is 4.79 Å². The zero-order chi connectivity index (χ0) is 10.3. The van der Waals surface area contributed by atoms with E-state index in [1.807, 2.05) is 7.05 Å². The van der Waals surface area contributed by atoms with Gasteiger partial charge in [-0.25, -0.2) is 0 Å². The highest BCUT2D eigenvalue weighted by molar-refractivity contribution is 5.72. The summed E-state index contributed by atoms with van der Waals surface area (Å²) in [7, 11) is 2.00. The molecule has 2 N–H and O–H groups in total. The van der Waals surface area contributed by atoms with Crippen molar-refractivity contribution in [3.05, 3.63) is 0 Å². The Hall–Kier alpha value is -0.610. The van der Waals surface area contributed by atoms with Crippen LogP contribution in [0.4, 0.5) is 0 Å². The summed E-state index contributed by atoms with van der Waals surface area (Å²) in [5.74, 6) is -0.907. The molecule has 1 saturated heterocycles. The van der Waals surface area contributed by atoms with Crippen LogP contribution in [0.25, 0.3) is 0 Å². The van der Waals surface area contributed by atoms with Crippen molar-refractivity contribution >= 4 is 5.97 Å². The van der Waals surface area contributed by atoms with Crippen molar-refractivity contribution in [2.75, 3.05) is 13.6 Å². The molecule has 4 heteroatoms. The molecule has 2 fully saturated rings. The van der Waals surface area contributed by atoms with E-state index < -0.39 is 5.97 Å². The Labute approximate surface area is 84.3 Å². The first-order chi connectivity index (χ1) is 6.59. The lowest BCUT2D eigenvalue weighted by atomic mass is 9.99. The molecule has 3 atom stereocenters. The van der Waals surface area contributed by atoms with Gasteiger partial charge in [-0.1, -0.05) is 0 Å². The number of hydrogen-bond acceptors (Lipinski definition) is 3. The molecule has 0 amide bonds. The average molecular weight is 198 g/mol. The summed E-state index contributed by atoms with van der Waals surface area (Å²) >= 11 is 0. The van der Waals surface area contributed by atoms with Gasteiger partial charge in [0, 0.05) is 24.7 Å². The van der Waals surface area contributed by atoms with Crippen LogP contribution in [0.2, 0.25) is 0 Å². The number of rotatable bonds is 3. The van der Waals surface area contributed by atoms with Gasteiger partial charge in [0.05, 0.1) is 5.92 Å². The fraction of sp³-hybridized carbons (Fsp3) is 0.900. The molecule has 0 aromatic heterocycles. The van der Waals surface area contributed by atoms with Crippen molar-refractivity contribution in [2.24, 2.45) is 5.92 Å². The van der Waals surface area contributed by atoms with E-state index in [9.17, 15) is 4.79 Å². The largest absolute Gasteiger partial charge is 0.481 e. The molecular formula is C10H18N2O2. The third kappa shape index (κ3) is 1.77. The summed E-state index contributed by atoms with van der Waals surface area (Å²) in [6, 6.07) is 1.04. The number of carboxylic acid groups (broad SMARTS) is 1. The zero-order valence-corrected chi connectivity index (χ0v) is 8.73. The third-order valence-corrected chi connectivity index (χ3v) is 3.46. The maximum Gasteiger partial charge on any atom is 0.309 e. The van der Waals surface area contributed by atoms with E-state index in [2.05, 4.69) is 17.1 Å². The summed E-state index contributed by atoms with van der Waals surface area (Å²) < 4.78 is 0. The molecular weight excluding hydrogens is 180 g/mol. The van der Waals surface area contributed by atoms with Crippen LogP contribution in [0.5, 0.6) is 0 Å². The summed E-state index contributed by atoms with van der Waals surface area (Å²) in [6.45, 7) is 2.77. The summed E-state index contributed by atoms with van der Waals surface area (Å²) in [4.78, 5) is 13.2. The number of aliphatic carboxylic acids is 1. The molecule has 1 aliphatic carbocycles. The summed E-state index contributed by atoms with van der Waals surface area (Å²) in [5.41, 5.74) is 0. The minimum absolute atomic E-state index is 0.130. The Morgan fingerprint density at radius 3 is 2.64 bits per heavy atom. The van der Waals surface area contributed by atoms with Gasteiger partial charge in [0.15, 0.2) is 0 Å². The first kappa shape index (κ1) is 9.93. The number of carbonyl (C=O) groups is 1. The van der Waals surface area contributed by atoms with Crippen LogP contribution >= 0.6 is 0 Å². The van der Waals surface area contributed by atoms with Gasteiger partial charge in [0.2, 0.25) is 0 Å². The molecule has 0 radical (unpaired) electrons. The number of carboxylic acids is 1. The molecule has 2 rings (SSSR count). The van der Waals surface area contributed by atoms with Gasteiger partial charge in [0.1, 0.15) is 0 Å². The van der Waals surface area contributed by atoms with E-state index >= 15 is 0 Å². The van der Waals surface area contributed by atoms with Crippen molar-refractivity contribution in [2.45, 2.75) is 37.9 Å². The van der Waals surface area contributed by atoms with Gasteiger partial charge >= 0.3 is 5.97 Å². The molecule has 1 saturated carbocycles. The fourth-order valence-corrected chi connectivity index (χ4v) is 2.21. The lowest BCUT2D eigenvalue weighted by Gasteiger charge is -2.22. The molecule has 2 aliphatic rings. The van der Waals surface area contributed by atoms with Crippen LogP contribution in [-0.4, -0.2) is 47.7 Å². The lowest BCUT2D eigenvalue weighted by Crippen LogP contribution is -2.45. The number of likely N-dealkylation sites (tertiary alicyclic amines) is 1. The minimum atomic E-state index is -0.667. The van der Waals surface area contributed by atoms with E-state index in [-0.39, 0.29) is 12.0 Å². The van der Waals surface area contributed by atoms with Crippen molar-refractivity contribution in [1.29, 1.82) is 0 Å². The van der Waals surface area contributed by atoms with Gasteiger partial charge in [-0.2, -0.15) is 0 Å². The Balaban J connectivity index is 2.03. The smallest absolute Gasteiger partial charge is 0.309 e. The molecule has 80 valence electrons. The molecule has 0 aromatic carbocycles. The van der Waals surface area contributed by atoms with Crippen LogP contribution in [-0.2, 0) is 4.79 Å².